The highest BCUT2D eigenvalue weighted by molar-refractivity contribution is 6.35. The molecule has 1 aliphatic carbocycles. The van der Waals surface area contributed by atoms with Gasteiger partial charge in [-0.3, -0.25) is 0 Å². The van der Waals surface area contributed by atoms with E-state index >= 15 is 0 Å². The van der Waals surface area contributed by atoms with E-state index in [4.69, 9.17) is 23.2 Å². The standard InChI is InChI=1S/C14H19Cl2NO/c1-9(10-4-2-3-5-10)17-8-11-6-12(15)7-13(16)14(11)18/h6-7,9-10,17-18H,2-5,8H2,1H3/t9-/m1/s1. The normalized spacial score (nSPS) is 18.2. The van der Waals surface area contributed by atoms with Crippen molar-refractivity contribution in [2.45, 2.75) is 45.2 Å². The molecular weight excluding hydrogens is 269 g/mol. The Kier molecular flexibility index (Phi) is 4.77. The lowest BCUT2D eigenvalue weighted by molar-refractivity contribution is 0.376. The van der Waals surface area contributed by atoms with Crippen molar-refractivity contribution in [3.63, 3.8) is 0 Å². The first-order valence-corrected chi connectivity index (χ1v) is 7.24. The lowest BCUT2D eigenvalue weighted by Crippen LogP contribution is -2.31. The molecule has 1 aliphatic rings. The first-order valence-electron chi connectivity index (χ1n) is 6.48. The van der Waals surface area contributed by atoms with Crippen LogP contribution in [-0.4, -0.2) is 11.1 Å². The quantitative estimate of drug-likeness (QED) is 0.862. The van der Waals surface area contributed by atoms with Crippen LogP contribution in [0.2, 0.25) is 10.0 Å². The smallest absolute Gasteiger partial charge is 0.138 e. The second-order valence-electron chi connectivity index (χ2n) is 5.11. The molecule has 0 aliphatic heterocycles. The minimum atomic E-state index is 0.132. The van der Waals surface area contributed by atoms with E-state index in [0.717, 1.165) is 11.5 Å². The molecule has 0 amide bonds. The Hall–Kier alpha value is -0.440. The maximum Gasteiger partial charge on any atom is 0.138 e. The highest BCUT2D eigenvalue weighted by Gasteiger charge is 2.21. The van der Waals surface area contributed by atoms with E-state index in [1.54, 1.807) is 12.1 Å². The van der Waals surface area contributed by atoms with Crippen LogP contribution < -0.4 is 5.32 Å². The predicted octanol–water partition coefficient (Wildman–Crippen LogP) is 4.37. The molecule has 1 atom stereocenters. The summed E-state index contributed by atoms with van der Waals surface area (Å²) in [7, 11) is 0. The highest BCUT2D eigenvalue weighted by atomic mass is 35.5. The lowest BCUT2D eigenvalue weighted by atomic mass is 9.99. The topological polar surface area (TPSA) is 32.3 Å². The molecule has 0 unspecified atom stereocenters. The first kappa shape index (κ1) is 14.0. The summed E-state index contributed by atoms with van der Waals surface area (Å²) in [4.78, 5) is 0. The zero-order chi connectivity index (χ0) is 13.1. The zero-order valence-corrected chi connectivity index (χ0v) is 12.1. The molecule has 2 N–H and O–H groups in total. The van der Waals surface area contributed by atoms with Crippen LogP contribution in [0.5, 0.6) is 5.75 Å². The second-order valence-corrected chi connectivity index (χ2v) is 5.95. The Bertz CT molecular complexity index is 417. The van der Waals surface area contributed by atoms with Gasteiger partial charge in [-0.25, -0.2) is 0 Å². The summed E-state index contributed by atoms with van der Waals surface area (Å²) in [5.74, 6) is 0.883. The maximum absolute atomic E-state index is 9.87. The van der Waals surface area contributed by atoms with Crippen molar-refractivity contribution in [1.82, 2.24) is 5.32 Å². The van der Waals surface area contributed by atoms with Crippen molar-refractivity contribution in [3.8, 4) is 5.75 Å². The van der Waals surface area contributed by atoms with Crippen LogP contribution in [0.4, 0.5) is 0 Å². The van der Waals surface area contributed by atoms with Gasteiger partial charge in [0.15, 0.2) is 0 Å². The molecule has 1 aromatic carbocycles. The summed E-state index contributed by atoms with van der Waals surface area (Å²) in [5.41, 5.74) is 0.761. The van der Waals surface area contributed by atoms with Crippen molar-refractivity contribution in [2.24, 2.45) is 5.92 Å². The van der Waals surface area contributed by atoms with Gasteiger partial charge in [-0.05, 0) is 37.8 Å². The first-order chi connectivity index (χ1) is 8.58. The third-order valence-corrected chi connectivity index (χ3v) is 4.33. The lowest BCUT2D eigenvalue weighted by Gasteiger charge is -2.21. The third-order valence-electron chi connectivity index (χ3n) is 3.83. The van der Waals surface area contributed by atoms with Gasteiger partial charge in [0.25, 0.3) is 0 Å². The van der Waals surface area contributed by atoms with Crippen LogP contribution >= 0.6 is 23.2 Å². The van der Waals surface area contributed by atoms with E-state index in [9.17, 15) is 5.11 Å². The molecule has 100 valence electrons. The van der Waals surface area contributed by atoms with E-state index in [1.807, 2.05) is 0 Å². The maximum atomic E-state index is 9.87. The van der Waals surface area contributed by atoms with Gasteiger partial charge in [-0.2, -0.15) is 0 Å². The van der Waals surface area contributed by atoms with Crippen LogP contribution in [0.1, 0.15) is 38.2 Å². The number of phenolic OH excluding ortho intramolecular Hbond substituents is 1. The zero-order valence-electron chi connectivity index (χ0n) is 10.5. The second kappa shape index (κ2) is 6.14. The van der Waals surface area contributed by atoms with Gasteiger partial charge < -0.3 is 10.4 Å². The number of hydrogen-bond acceptors (Lipinski definition) is 2. The molecule has 2 rings (SSSR count). The van der Waals surface area contributed by atoms with Gasteiger partial charge in [0.1, 0.15) is 5.75 Å². The molecule has 0 aromatic heterocycles. The fraction of sp³-hybridized carbons (Fsp3) is 0.571. The largest absolute Gasteiger partial charge is 0.506 e. The van der Waals surface area contributed by atoms with Crippen molar-refractivity contribution >= 4 is 23.2 Å². The molecule has 1 fully saturated rings. The summed E-state index contributed by atoms with van der Waals surface area (Å²) in [6.45, 7) is 2.81. The van der Waals surface area contributed by atoms with Crippen LogP contribution in [0.25, 0.3) is 0 Å². The number of hydrogen-bond donors (Lipinski definition) is 2. The van der Waals surface area contributed by atoms with E-state index in [2.05, 4.69) is 12.2 Å². The molecule has 0 heterocycles. The minimum Gasteiger partial charge on any atom is -0.506 e. The van der Waals surface area contributed by atoms with Gasteiger partial charge in [0, 0.05) is 23.2 Å². The van der Waals surface area contributed by atoms with Crippen LogP contribution in [0, 0.1) is 5.92 Å². The molecule has 0 bridgehead atoms. The minimum absolute atomic E-state index is 0.132. The molecule has 0 radical (unpaired) electrons. The summed E-state index contributed by atoms with van der Waals surface area (Å²) < 4.78 is 0. The fourth-order valence-corrected chi connectivity index (χ4v) is 3.18. The van der Waals surface area contributed by atoms with Crippen LogP contribution in [-0.2, 0) is 6.54 Å². The van der Waals surface area contributed by atoms with E-state index < -0.39 is 0 Å². The Morgan fingerprint density at radius 2 is 2.00 bits per heavy atom. The van der Waals surface area contributed by atoms with Crippen molar-refractivity contribution < 1.29 is 5.11 Å². The molecule has 1 aromatic rings. The summed E-state index contributed by atoms with van der Waals surface area (Å²) in [6, 6.07) is 3.78. The molecule has 4 heteroatoms. The summed E-state index contributed by atoms with van der Waals surface area (Å²) >= 11 is 11.8. The van der Waals surface area contributed by atoms with E-state index in [1.165, 1.54) is 25.7 Å². The van der Waals surface area contributed by atoms with Crippen LogP contribution in [0.3, 0.4) is 0 Å². The van der Waals surface area contributed by atoms with Crippen molar-refractivity contribution in [3.05, 3.63) is 27.7 Å². The molecule has 0 spiro atoms. The average molecular weight is 288 g/mol. The SMILES string of the molecule is C[C@@H](NCc1cc(Cl)cc(Cl)c1O)C1CCCC1. The molecule has 2 nitrogen and oxygen atoms in total. The highest BCUT2D eigenvalue weighted by Crippen LogP contribution is 2.32. The van der Waals surface area contributed by atoms with Gasteiger partial charge in [0.2, 0.25) is 0 Å². The average Bonchev–Trinajstić information content (AvgIpc) is 2.85. The monoisotopic (exact) mass is 287 g/mol. The van der Waals surface area contributed by atoms with E-state index in [0.29, 0.717) is 22.6 Å². The van der Waals surface area contributed by atoms with Crippen molar-refractivity contribution in [2.75, 3.05) is 0 Å². The Labute approximate surface area is 118 Å². The van der Waals surface area contributed by atoms with Gasteiger partial charge in [-0.1, -0.05) is 36.0 Å². The number of benzene rings is 1. The summed E-state index contributed by atoms with van der Waals surface area (Å²) in [5, 5.41) is 14.2. The number of phenols is 1. The summed E-state index contributed by atoms with van der Waals surface area (Å²) in [6.07, 6.45) is 5.28. The molecule has 18 heavy (non-hydrogen) atoms. The van der Waals surface area contributed by atoms with Gasteiger partial charge in [0.05, 0.1) is 5.02 Å². The number of halogens is 2. The molecular formula is C14H19Cl2NO. The Morgan fingerprint density at radius 3 is 2.67 bits per heavy atom. The number of nitrogens with one attached hydrogen (secondary N) is 1. The Balaban J connectivity index is 1.97. The fourth-order valence-electron chi connectivity index (χ4n) is 2.65. The number of aromatic hydroxyl groups is 1. The van der Waals surface area contributed by atoms with Crippen molar-refractivity contribution in [1.29, 1.82) is 0 Å². The van der Waals surface area contributed by atoms with Gasteiger partial charge in [-0.15, -0.1) is 0 Å². The molecule has 0 saturated heterocycles. The molecule has 1 saturated carbocycles. The van der Waals surface area contributed by atoms with E-state index in [-0.39, 0.29) is 5.75 Å². The Morgan fingerprint density at radius 1 is 1.33 bits per heavy atom. The van der Waals surface area contributed by atoms with Gasteiger partial charge >= 0.3 is 0 Å². The van der Waals surface area contributed by atoms with Crippen LogP contribution in [0.15, 0.2) is 12.1 Å². The number of rotatable bonds is 4. The predicted molar refractivity (Wildman–Crippen MR) is 76.4 cm³/mol. The third kappa shape index (κ3) is 3.31.